The van der Waals surface area contributed by atoms with Gasteiger partial charge in [0.05, 0.1) is 12.1 Å². The Hall–Kier alpha value is -2.34. The van der Waals surface area contributed by atoms with Crippen molar-refractivity contribution < 1.29 is 23.1 Å². The minimum atomic E-state index is -1.15. The van der Waals surface area contributed by atoms with Crippen LogP contribution >= 0.6 is 0 Å². The van der Waals surface area contributed by atoms with Crippen LogP contribution < -0.4 is 5.32 Å². The molecule has 25 heavy (non-hydrogen) atoms. The van der Waals surface area contributed by atoms with Gasteiger partial charge in [-0.15, -0.1) is 0 Å². The average molecular weight is 349 g/mol. The van der Waals surface area contributed by atoms with Crippen molar-refractivity contribution in [3.8, 4) is 0 Å². The van der Waals surface area contributed by atoms with Crippen LogP contribution in [0.15, 0.2) is 42.5 Å². The van der Waals surface area contributed by atoms with E-state index < -0.39 is 23.8 Å². The second-order valence-electron chi connectivity index (χ2n) is 6.42. The summed E-state index contributed by atoms with van der Waals surface area (Å²) in [5.41, 5.74) is 1.09. The first-order chi connectivity index (χ1) is 11.9. The van der Waals surface area contributed by atoms with Crippen LogP contribution in [0.4, 0.5) is 13.2 Å². The van der Waals surface area contributed by atoms with E-state index in [-0.39, 0.29) is 29.1 Å². The number of hydrogen-bond acceptors (Lipinski definition) is 2. The summed E-state index contributed by atoms with van der Waals surface area (Å²) in [7, 11) is 0. The molecule has 3 nitrogen and oxygen atoms in total. The lowest BCUT2D eigenvalue weighted by Crippen LogP contribution is -2.38. The molecule has 0 heterocycles. The highest BCUT2D eigenvalue weighted by Gasteiger charge is 2.44. The number of benzene rings is 2. The lowest BCUT2D eigenvalue weighted by molar-refractivity contribution is -0.123. The Morgan fingerprint density at radius 2 is 1.80 bits per heavy atom. The number of rotatable bonds is 5. The van der Waals surface area contributed by atoms with E-state index in [0.29, 0.717) is 6.42 Å². The molecule has 4 atom stereocenters. The number of amides is 1. The number of hydrogen-bond donors (Lipinski definition) is 2. The van der Waals surface area contributed by atoms with Crippen molar-refractivity contribution in [3.05, 3.63) is 71.0 Å². The van der Waals surface area contributed by atoms with Gasteiger partial charge in [0.1, 0.15) is 5.82 Å². The number of aliphatic hydroxyl groups excluding tert-OH is 1. The second-order valence-corrected chi connectivity index (χ2v) is 6.42. The summed E-state index contributed by atoms with van der Waals surface area (Å²) in [5.74, 6) is -2.78. The van der Waals surface area contributed by atoms with Gasteiger partial charge in [0, 0.05) is 5.92 Å². The Balaban J connectivity index is 1.59. The van der Waals surface area contributed by atoms with Gasteiger partial charge in [-0.3, -0.25) is 4.79 Å². The molecule has 0 saturated heterocycles. The molecule has 0 spiro atoms. The van der Waals surface area contributed by atoms with E-state index in [1.807, 2.05) is 0 Å². The average Bonchev–Trinajstić information content (AvgIpc) is 3.38. The molecule has 132 valence electrons. The fraction of sp³-hybridized carbons (Fsp3) is 0.316. The molecule has 1 aliphatic carbocycles. The van der Waals surface area contributed by atoms with E-state index >= 15 is 0 Å². The lowest BCUT2D eigenvalue weighted by Gasteiger charge is -2.21. The molecular weight excluding hydrogens is 331 g/mol. The minimum absolute atomic E-state index is 0.0354. The standard InChI is InChI=1S/C19H18F3NO2/c1-10(18(24)12-4-7-16(21)17(22)8-12)23-19(25)15-9-14(15)11-2-5-13(20)6-3-11/h2-8,10,14-15,18,24H,9H2,1H3,(H,23,25). The maximum Gasteiger partial charge on any atom is 0.224 e. The van der Waals surface area contributed by atoms with E-state index in [2.05, 4.69) is 5.32 Å². The Labute approximate surface area is 143 Å². The lowest BCUT2D eigenvalue weighted by atomic mass is 10.0. The molecule has 1 amide bonds. The van der Waals surface area contributed by atoms with Gasteiger partial charge in [0.15, 0.2) is 11.6 Å². The summed E-state index contributed by atoms with van der Waals surface area (Å²) in [6.45, 7) is 1.60. The van der Waals surface area contributed by atoms with Crippen molar-refractivity contribution in [2.45, 2.75) is 31.4 Å². The van der Waals surface area contributed by atoms with Gasteiger partial charge in [-0.1, -0.05) is 18.2 Å². The molecule has 4 unspecified atom stereocenters. The Morgan fingerprint density at radius 3 is 2.44 bits per heavy atom. The highest BCUT2D eigenvalue weighted by molar-refractivity contribution is 5.83. The van der Waals surface area contributed by atoms with E-state index in [1.165, 1.54) is 18.2 Å². The first-order valence-corrected chi connectivity index (χ1v) is 8.05. The van der Waals surface area contributed by atoms with Crippen LogP contribution in [0, 0.1) is 23.4 Å². The maximum absolute atomic E-state index is 13.3. The predicted molar refractivity (Wildman–Crippen MR) is 86.2 cm³/mol. The summed E-state index contributed by atoms with van der Waals surface area (Å²) < 4.78 is 39.2. The van der Waals surface area contributed by atoms with Crippen molar-refractivity contribution in [1.82, 2.24) is 5.32 Å². The van der Waals surface area contributed by atoms with Crippen molar-refractivity contribution in [1.29, 1.82) is 0 Å². The highest BCUT2D eigenvalue weighted by Crippen LogP contribution is 2.47. The van der Waals surface area contributed by atoms with E-state index in [1.54, 1.807) is 19.1 Å². The van der Waals surface area contributed by atoms with Crippen molar-refractivity contribution in [2.75, 3.05) is 0 Å². The summed E-state index contributed by atoms with van der Waals surface area (Å²) >= 11 is 0. The van der Waals surface area contributed by atoms with Crippen LogP contribution in [0.25, 0.3) is 0 Å². The molecule has 0 aromatic heterocycles. The molecule has 0 bridgehead atoms. The second kappa shape index (κ2) is 6.88. The molecule has 1 fully saturated rings. The number of carbonyl (C=O) groups excluding carboxylic acids is 1. The number of nitrogens with one attached hydrogen (secondary N) is 1. The Morgan fingerprint density at radius 1 is 1.12 bits per heavy atom. The van der Waals surface area contributed by atoms with E-state index in [4.69, 9.17) is 0 Å². The summed E-state index contributed by atoms with van der Waals surface area (Å²) in [6, 6.07) is 8.52. The molecule has 1 saturated carbocycles. The zero-order valence-corrected chi connectivity index (χ0v) is 13.5. The molecule has 0 aliphatic heterocycles. The number of carbonyl (C=O) groups is 1. The zero-order valence-electron chi connectivity index (χ0n) is 13.5. The van der Waals surface area contributed by atoms with E-state index in [9.17, 15) is 23.1 Å². The molecule has 0 radical (unpaired) electrons. The van der Waals surface area contributed by atoms with Crippen LogP contribution in [-0.4, -0.2) is 17.1 Å². The normalized spacial score (nSPS) is 21.5. The van der Waals surface area contributed by atoms with Crippen LogP contribution in [0.1, 0.15) is 36.5 Å². The molecule has 2 aromatic carbocycles. The third-order valence-corrected chi connectivity index (χ3v) is 4.55. The monoisotopic (exact) mass is 349 g/mol. The van der Waals surface area contributed by atoms with Gasteiger partial charge in [-0.05, 0) is 54.7 Å². The smallest absolute Gasteiger partial charge is 0.224 e. The number of aliphatic hydroxyl groups is 1. The van der Waals surface area contributed by atoms with E-state index in [0.717, 1.165) is 17.7 Å². The molecule has 3 rings (SSSR count). The van der Waals surface area contributed by atoms with Crippen LogP contribution in [0.2, 0.25) is 0 Å². The van der Waals surface area contributed by atoms with Crippen LogP contribution in [0.3, 0.4) is 0 Å². The van der Waals surface area contributed by atoms with Crippen LogP contribution in [0.5, 0.6) is 0 Å². The summed E-state index contributed by atoms with van der Waals surface area (Å²) in [6.07, 6.45) is -0.493. The van der Waals surface area contributed by atoms with Gasteiger partial charge >= 0.3 is 0 Å². The topological polar surface area (TPSA) is 49.3 Å². The van der Waals surface area contributed by atoms with Crippen molar-refractivity contribution in [2.24, 2.45) is 5.92 Å². The molecule has 2 aromatic rings. The first kappa shape index (κ1) is 17.5. The van der Waals surface area contributed by atoms with Gasteiger partial charge < -0.3 is 10.4 Å². The maximum atomic E-state index is 13.3. The fourth-order valence-electron chi connectivity index (χ4n) is 2.96. The SMILES string of the molecule is CC(NC(=O)C1CC1c1ccc(F)cc1)C(O)c1ccc(F)c(F)c1. The van der Waals surface area contributed by atoms with Crippen molar-refractivity contribution >= 4 is 5.91 Å². The summed E-state index contributed by atoms with van der Waals surface area (Å²) in [4.78, 5) is 12.3. The zero-order chi connectivity index (χ0) is 18.1. The Kier molecular flexibility index (Phi) is 4.81. The van der Waals surface area contributed by atoms with Gasteiger partial charge in [0.2, 0.25) is 5.91 Å². The van der Waals surface area contributed by atoms with Gasteiger partial charge in [-0.2, -0.15) is 0 Å². The molecule has 6 heteroatoms. The predicted octanol–water partition coefficient (Wildman–Crippen LogP) is 3.45. The number of halogens is 3. The highest BCUT2D eigenvalue weighted by atomic mass is 19.2. The van der Waals surface area contributed by atoms with Gasteiger partial charge in [-0.25, -0.2) is 13.2 Å². The van der Waals surface area contributed by atoms with Crippen molar-refractivity contribution in [3.63, 3.8) is 0 Å². The molecule has 1 aliphatic rings. The Bertz CT molecular complexity index is 779. The van der Waals surface area contributed by atoms with Crippen LogP contribution in [-0.2, 0) is 4.79 Å². The summed E-state index contributed by atoms with van der Waals surface area (Å²) in [5, 5.41) is 12.9. The third kappa shape index (κ3) is 3.85. The van der Waals surface area contributed by atoms with Gasteiger partial charge in [0.25, 0.3) is 0 Å². The fourth-order valence-corrected chi connectivity index (χ4v) is 2.96. The largest absolute Gasteiger partial charge is 0.386 e. The molecular formula is C19H18F3NO2. The molecule has 2 N–H and O–H groups in total. The quantitative estimate of drug-likeness (QED) is 0.869. The first-order valence-electron chi connectivity index (χ1n) is 8.05. The minimum Gasteiger partial charge on any atom is -0.386 e. The third-order valence-electron chi connectivity index (χ3n) is 4.55.